The van der Waals surface area contributed by atoms with E-state index in [1.807, 2.05) is 0 Å². The Bertz CT molecular complexity index is 245. The molecule has 0 aromatic carbocycles. The molecule has 1 aliphatic rings. The van der Waals surface area contributed by atoms with Crippen molar-refractivity contribution >= 4 is 17.5 Å². The minimum atomic E-state index is -0.944. The Morgan fingerprint density at radius 2 is 2.00 bits per heavy atom. The molecule has 0 bridgehead atoms. The average Bonchev–Trinajstić information content (AvgIpc) is 1.99. The molecule has 5 heteroatoms. The van der Waals surface area contributed by atoms with Crippen molar-refractivity contribution in [3.8, 4) is 0 Å². The van der Waals surface area contributed by atoms with Crippen LogP contribution in [0.25, 0.3) is 0 Å². The van der Waals surface area contributed by atoms with Crippen molar-refractivity contribution in [3.05, 3.63) is 0 Å². The topological polar surface area (TPSA) is 72.5 Å². The molecular weight excluding hydrogens is 174 g/mol. The van der Waals surface area contributed by atoms with E-state index in [1.54, 1.807) is 0 Å². The van der Waals surface area contributed by atoms with Gasteiger partial charge in [0.1, 0.15) is 5.78 Å². The molecule has 1 saturated heterocycles. The van der Waals surface area contributed by atoms with Gasteiger partial charge in [0.05, 0.1) is 13.5 Å². The minimum Gasteiger partial charge on any atom is -0.463 e. The van der Waals surface area contributed by atoms with Crippen LogP contribution >= 0.6 is 0 Å². The summed E-state index contributed by atoms with van der Waals surface area (Å²) < 4.78 is 4.19. The number of esters is 1. The van der Waals surface area contributed by atoms with Crippen LogP contribution in [0.1, 0.15) is 6.42 Å². The van der Waals surface area contributed by atoms with Gasteiger partial charge in [0, 0.05) is 19.0 Å². The third-order valence-electron chi connectivity index (χ3n) is 1.98. The number of rotatable bonds is 4. The predicted octanol–water partition coefficient (Wildman–Crippen LogP) is -1.09. The number of ketones is 2. The van der Waals surface area contributed by atoms with Crippen LogP contribution in [0.4, 0.5) is 0 Å². The van der Waals surface area contributed by atoms with Crippen molar-refractivity contribution in [1.82, 2.24) is 5.32 Å². The lowest BCUT2D eigenvalue weighted by Gasteiger charge is -2.24. The maximum atomic E-state index is 11.2. The van der Waals surface area contributed by atoms with E-state index in [4.69, 9.17) is 0 Å². The van der Waals surface area contributed by atoms with Crippen LogP contribution in [0.5, 0.6) is 0 Å². The van der Waals surface area contributed by atoms with Gasteiger partial charge < -0.3 is 10.1 Å². The second-order valence-electron chi connectivity index (χ2n) is 2.91. The molecule has 1 N–H and O–H groups in total. The number of methoxy groups -OCH3 is 1. The van der Waals surface area contributed by atoms with Crippen LogP contribution in [-0.2, 0) is 19.1 Å². The fourth-order valence-electron chi connectivity index (χ4n) is 1.00. The molecule has 0 spiro atoms. The molecule has 0 atom stereocenters. The highest BCUT2D eigenvalue weighted by Crippen LogP contribution is 2.07. The number of hydrogen-bond donors (Lipinski definition) is 1. The van der Waals surface area contributed by atoms with E-state index >= 15 is 0 Å². The third-order valence-corrected chi connectivity index (χ3v) is 1.98. The summed E-state index contributed by atoms with van der Waals surface area (Å²) in [5, 5.41) is 2.91. The van der Waals surface area contributed by atoms with Crippen LogP contribution in [0.2, 0.25) is 0 Å². The van der Waals surface area contributed by atoms with Gasteiger partial charge in [-0.25, -0.2) is 4.79 Å². The molecule has 0 saturated carbocycles. The highest BCUT2D eigenvalue weighted by atomic mass is 16.5. The molecule has 1 aliphatic heterocycles. The maximum absolute atomic E-state index is 11.2. The van der Waals surface area contributed by atoms with E-state index in [0.717, 1.165) is 7.11 Å². The Morgan fingerprint density at radius 3 is 2.38 bits per heavy atom. The Hall–Kier alpha value is -1.23. The van der Waals surface area contributed by atoms with Gasteiger partial charge in [-0.1, -0.05) is 0 Å². The molecule has 0 aromatic rings. The van der Waals surface area contributed by atoms with E-state index in [1.165, 1.54) is 0 Å². The Morgan fingerprint density at radius 1 is 1.38 bits per heavy atom. The Balaban J connectivity index is 2.34. The number of carbonyl (C=O) groups is 3. The number of hydrogen-bond acceptors (Lipinski definition) is 5. The van der Waals surface area contributed by atoms with Crippen LogP contribution in [0.15, 0.2) is 0 Å². The van der Waals surface area contributed by atoms with Gasteiger partial charge in [-0.05, 0) is 0 Å². The summed E-state index contributed by atoms with van der Waals surface area (Å²) in [6, 6.07) is 0. The highest BCUT2D eigenvalue weighted by molar-refractivity contribution is 6.37. The Labute approximate surface area is 75.4 Å². The molecule has 13 heavy (non-hydrogen) atoms. The largest absolute Gasteiger partial charge is 0.463 e. The summed E-state index contributed by atoms with van der Waals surface area (Å²) >= 11 is 0. The fraction of sp³-hybridized carbons (Fsp3) is 0.625. The lowest BCUT2D eigenvalue weighted by Crippen LogP contribution is -2.47. The number of nitrogens with one attached hydrogen (secondary N) is 1. The van der Waals surface area contributed by atoms with Crippen molar-refractivity contribution in [2.45, 2.75) is 6.42 Å². The van der Waals surface area contributed by atoms with Gasteiger partial charge in [0.2, 0.25) is 5.78 Å². The smallest absolute Gasteiger partial charge is 0.374 e. The van der Waals surface area contributed by atoms with Crippen molar-refractivity contribution in [1.29, 1.82) is 0 Å². The van der Waals surface area contributed by atoms with Gasteiger partial charge in [0.15, 0.2) is 0 Å². The SMILES string of the molecule is COC(=O)C(=O)CC(=O)C1CNC1. The molecule has 0 radical (unpaired) electrons. The van der Waals surface area contributed by atoms with Gasteiger partial charge >= 0.3 is 5.97 Å². The van der Waals surface area contributed by atoms with Crippen LogP contribution in [-0.4, -0.2) is 37.7 Å². The predicted molar refractivity (Wildman–Crippen MR) is 43.0 cm³/mol. The van der Waals surface area contributed by atoms with Crippen molar-refractivity contribution < 1.29 is 19.1 Å². The van der Waals surface area contributed by atoms with Crippen molar-refractivity contribution in [3.63, 3.8) is 0 Å². The first-order chi connectivity index (χ1) is 6.15. The first kappa shape index (κ1) is 9.85. The second kappa shape index (κ2) is 4.13. The normalized spacial score (nSPS) is 16.1. The lowest BCUT2D eigenvalue weighted by molar-refractivity contribution is -0.153. The maximum Gasteiger partial charge on any atom is 0.374 e. The van der Waals surface area contributed by atoms with E-state index in [9.17, 15) is 14.4 Å². The molecule has 0 aliphatic carbocycles. The summed E-state index contributed by atoms with van der Waals surface area (Å²) in [4.78, 5) is 32.7. The molecule has 0 unspecified atom stereocenters. The summed E-state index contributed by atoms with van der Waals surface area (Å²) in [6.07, 6.45) is -0.334. The summed E-state index contributed by atoms with van der Waals surface area (Å²) in [5.74, 6) is -2.00. The summed E-state index contributed by atoms with van der Waals surface area (Å²) in [5.41, 5.74) is 0. The van der Waals surface area contributed by atoms with Crippen molar-refractivity contribution in [2.24, 2.45) is 5.92 Å². The Kier molecular flexibility index (Phi) is 3.13. The zero-order valence-corrected chi connectivity index (χ0v) is 7.33. The number of carbonyl (C=O) groups excluding carboxylic acids is 3. The van der Waals surface area contributed by atoms with E-state index < -0.39 is 11.8 Å². The summed E-state index contributed by atoms with van der Waals surface area (Å²) in [6.45, 7) is 1.21. The molecule has 1 rings (SSSR count). The van der Waals surface area contributed by atoms with E-state index in [2.05, 4.69) is 10.1 Å². The molecule has 5 nitrogen and oxygen atoms in total. The standard InChI is InChI=1S/C8H11NO4/c1-13-8(12)7(11)2-6(10)5-3-9-4-5/h5,9H,2-4H2,1H3. The molecule has 0 aromatic heterocycles. The van der Waals surface area contributed by atoms with Crippen molar-refractivity contribution in [2.75, 3.05) is 20.2 Å². The average molecular weight is 185 g/mol. The first-order valence-electron chi connectivity index (χ1n) is 3.99. The number of Topliss-reactive ketones (excluding diaryl/α,β-unsaturated/α-hetero) is 2. The summed E-state index contributed by atoms with van der Waals surface area (Å²) in [7, 11) is 1.12. The van der Waals surface area contributed by atoms with Crippen LogP contribution in [0, 0.1) is 5.92 Å². The lowest BCUT2D eigenvalue weighted by atomic mass is 9.94. The van der Waals surface area contributed by atoms with Gasteiger partial charge in [-0.3, -0.25) is 9.59 Å². The van der Waals surface area contributed by atoms with Crippen LogP contribution in [0.3, 0.4) is 0 Å². The highest BCUT2D eigenvalue weighted by Gasteiger charge is 2.28. The van der Waals surface area contributed by atoms with Gasteiger partial charge in [-0.15, -0.1) is 0 Å². The van der Waals surface area contributed by atoms with E-state index in [0.29, 0.717) is 13.1 Å². The first-order valence-corrected chi connectivity index (χ1v) is 3.99. The minimum absolute atomic E-state index is 0.103. The molecule has 1 fully saturated rings. The molecule has 1 heterocycles. The third kappa shape index (κ3) is 2.35. The van der Waals surface area contributed by atoms with Gasteiger partial charge in [0.25, 0.3) is 0 Å². The van der Waals surface area contributed by atoms with Crippen LogP contribution < -0.4 is 5.32 Å². The molecule has 72 valence electrons. The fourth-order valence-corrected chi connectivity index (χ4v) is 1.00. The van der Waals surface area contributed by atoms with Gasteiger partial charge in [-0.2, -0.15) is 0 Å². The molecule has 0 amide bonds. The number of ether oxygens (including phenoxy) is 1. The second-order valence-corrected chi connectivity index (χ2v) is 2.91. The quantitative estimate of drug-likeness (QED) is 0.342. The zero-order valence-electron chi connectivity index (χ0n) is 7.33. The monoisotopic (exact) mass is 185 g/mol. The molecular formula is C8H11NO4. The zero-order chi connectivity index (χ0) is 9.84. The van der Waals surface area contributed by atoms with E-state index in [-0.39, 0.29) is 18.1 Å².